The quantitative estimate of drug-likeness (QED) is 0.316. The normalized spacial score (nSPS) is 11.0. The smallest absolute Gasteiger partial charge is 0.300 e. The lowest BCUT2D eigenvalue weighted by molar-refractivity contribution is -0.134. The zero-order valence-corrected chi connectivity index (χ0v) is 22.0. The van der Waals surface area contributed by atoms with E-state index in [1.807, 2.05) is 19.0 Å². The zero-order chi connectivity index (χ0) is 27.4. The van der Waals surface area contributed by atoms with Crippen molar-refractivity contribution in [1.82, 2.24) is 19.6 Å². The standard InChI is InChI=1S/C23H28FN5O3S.C2H4O2/c1-29(2)14-4-12-26-33(30,31)20-8-6-19(7-9-20)27-23-25-13-11-21(28-23)17-5-10-22(32-3)18(15-17)16-24;1-2(3)4/h5-11,13,15,26H,4,12,14,16H2,1-3H3,(H,25,27,28);1H3,(H,3,4). The summed E-state index contributed by atoms with van der Waals surface area (Å²) >= 11 is 0. The molecular weight excluding hydrogens is 501 g/mol. The van der Waals surface area contributed by atoms with Crippen LogP contribution >= 0.6 is 0 Å². The number of carboxylic acid groups (broad SMARTS) is 1. The molecule has 3 rings (SSSR count). The molecule has 2 aromatic carbocycles. The summed E-state index contributed by atoms with van der Waals surface area (Å²) in [7, 11) is 1.81. The largest absolute Gasteiger partial charge is 0.496 e. The number of carbonyl (C=O) groups is 1. The van der Waals surface area contributed by atoms with Gasteiger partial charge in [-0.1, -0.05) is 0 Å². The number of sulfonamides is 1. The fourth-order valence-corrected chi connectivity index (χ4v) is 4.23. The number of ether oxygens (including phenoxy) is 1. The maximum Gasteiger partial charge on any atom is 0.300 e. The molecule has 0 fully saturated rings. The van der Waals surface area contributed by atoms with E-state index < -0.39 is 22.7 Å². The second-order valence-corrected chi connectivity index (χ2v) is 9.92. The van der Waals surface area contributed by atoms with Gasteiger partial charge in [-0.25, -0.2) is 27.5 Å². The van der Waals surface area contributed by atoms with Crippen molar-refractivity contribution in [3.05, 3.63) is 60.3 Å². The summed E-state index contributed by atoms with van der Waals surface area (Å²) in [4.78, 5) is 19.9. The van der Waals surface area contributed by atoms with Crippen LogP contribution in [0.2, 0.25) is 0 Å². The Hall–Kier alpha value is -3.61. The zero-order valence-electron chi connectivity index (χ0n) is 21.2. The van der Waals surface area contributed by atoms with Gasteiger partial charge in [0.1, 0.15) is 12.4 Å². The molecule has 0 bridgehead atoms. The third-order valence-electron chi connectivity index (χ3n) is 4.87. The SMILES string of the molecule is CC(=O)O.COc1ccc(-c2ccnc(Nc3ccc(S(=O)(=O)NCCCN(C)C)cc3)n2)cc1CF. The number of benzene rings is 2. The van der Waals surface area contributed by atoms with Gasteiger partial charge in [0.25, 0.3) is 5.97 Å². The van der Waals surface area contributed by atoms with E-state index in [2.05, 4.69) is 20.0 Å². The molecule has 0 radical (unpaired) electrons. The molecule has 0 aliphatic carbocycles. The molecule has 12 heteroatoms. The van der Waals surface area contributed by atoms with Crippen molar-refractivity contribution in [2.45, 2.75) is 24.9 Å². The highest BCUT2D eigenvalue weighted by Gasteiger charge is 2.13. The number of rotatable bonds is 11. The van der Waals surface area contributed by atoms with Gasteiger partial charge in [-0.2, -0.15) is 0 Å². The molecule has 0 spiro atoms. The van der Waals surface area contributed by atoms with Crippen LogP contribution in [-0.2, 0) is 21.5 Å². The van der Waals surface area contributed by atoms with Crippen molar-refractivity contribution in [3.8, 4) is 17.0 Å². The highest BCUT2D eigenvalue weighted by atomic mass is 32.2. The minimum Gasteiger partial charge on any atom is -0.496 e. The second-order valence-electron chi connectivity index (χ2n) is 8.15. The van der Waals surface area contributed by atoms with E-state index in [4.69, 9.17) is 14.6 Å². The van der Waals surface area contributed by atoms with Crippen LogP contribution in [0.3, 0.4) is 0 Å². The minimum absolute atomic E-state index is 0.185. The number of hydrogen-bond acceptors (Lipinski definition) is 8. The maximum atomic E-state index is 13.3. The average Bonchev–Trinajstić information content (AvgIpc) is 2.86. The lowest BCUT2D eigenvalue weighted by Crippen LogP contribution is -2.27. The Morgan fingerprint density at radius 3 is 2.41 bits per heavy atom. The first kappa shape index (κ1) is 29.6. The number of anilines is 2. The van der Waals surface area contributed by atoms with E-state index in [-0.39, 0.29) is 4.90 Å². The summed E-state index contributed by atoms with van der Waals surface area (Å²) in [6.07, 6.45) is 2.32. The van der Waals surface area contributed by atoms with Crippen LogP contribution in [0.25, 0.3) is 11.3 Å². The summed E-state index contributed by atoms with van der Waals surface area (Å²) in [5.74, 6) is -0.0154. The van der Waals surface area contributed by atoms with Crippen LogP contribution in [0.4, 0.5) is 16.0 Å². The number of hydrogen-bond donors (Lipinski definition) is 3. The van der Waals surface area contributed by atoms with Gasteiger partial charge in [0, 0.05) is 36.5 Å². The Labute approximate surface area is 216 Å². The summed E-state index contributed by atoms with van der Waals surface area (Å²) in [6, 6.07) is 13.3. The van der Waals surface area contributed by atoms with Gasteiger partial charge in [-0.15, -0.1) is 0 Å². The topological polar surface area (TPSA) is 134 Å². The maximum absolute atomic E-state index is 13.3. The van der Waals surface area contributed by atoms with Crippen LogP contribution in [0.5, 0.6) is 5.75 Å². The predicted molar refractivity (Wildman–Crippen MR) is 140 cm³/mol. The van der Waals surface area contributed by atoms with E-state index in [0.29, 0.717) is 35.2 Å². The highest BCUT2D eigenvalue weighted by Crippen LogP contribution is 2.27. The van der Waals surface area contributed by atoms with Crippen LogP contribution in [0, 0.1) is 0 Å². The molecule has 0 unspecified atom stereocenters. The fourth-order valence-electron chi connectivity index (χ4n) is 3.15. The number of nitrogens with zero attached hydrogens (tertiary/aromatic N) is 3. The van der Waals surface area contributed by atoms with E-state index in [1.165, 1.54) is 19.2 Å². The van der Waals surface area contributed by atoms with E-state index in [9.17, 15) is 12.8 Å². The Bertz CT molecular complexity index is 1270. The molecule has 0 saturated heterocycles. The molecular formula is C25H32FN5O5S. The molecule has 3 aromatic rings. The number of carboxylic acids is 1. The first-order valence-electron chi connectivity index (χ1n) is 11.3. The van der Waals surface area contributed by atoms with E-state index in [0.717, 1.165) is 25.5 Å². The second kappa shape index (κ2) is 14.2. The summed E-state index contributed by atoms with van der Waals surface area (Å²) in [5.41, 5.74) is 2.43. The van der Waals surface area contributed by atoms with Crippen molar-refractivity contribution in [1.29, 1.82) is 0 Å². The van der Waals surface area contributed by atoms with Gasteiger partial charge in [-0.3, -0.25) is 4.79 Å². The number of aromatic nitrogens is 2. The monoisotopic (exact) mass is 533 g/mol. The molecule has 0 aliphatic heterocycles. The van der Waals surface area contributed by atoms with Crippen LogP contribution in [0.1, 0.15) is 18.9 Å². The number of alkyl halides is 1. The number of nitrogens with one attached hydrogen (secondary N) is 2. The lowest BCUT2D eigenvalue weighted by Gasteiger charge is -2.11. The summed E-state index contributed by atoms with van der Waals surface area (Å²) in [5, 5.41) is 10.5. The molecule has 10 nitrogen and oxygen atoms in total. The van der Waals surface area contributed by atoms with Gasteiger partial charge in [-0.05, 0) is 75.6 Å². The molecule has 0 saturated carbocycles. The van der Waals surface area contributed by atoms with E-state index in [1.54, 1.807) is 42.6 Å². The van der Waals surface area contributed by atoms with Crippen molar-refractivity contribution in [2.24, 2.45) is 0 Å². The third-order valence-corrected chi connectivity index (χ3v) is 6.35. The first-order chi connectivity index (χ1) is 17.6. The Morgan fingerprint density at radius 1 is 1.14 bits per heavy atom. The molecule has 1 aromatic heterocycles. The number of aliphatic carboxylic acids is 1. The van der Waals surface area contributed by atoms with Crippen LogP contribution in [0.15, 0.2) is 59.6 Å². The van der Waals surface area contributed by atoms with Crippen molar-refractivity contribution in [3.63, 3.8) is 0 Å². The Balaban J connectivity index is 0.00000112. The number of halogens is 1. The molecule has 0 aliphatic rings. The fraction of sp³-hybridized carbons (Fsp3) is 0.320. The average molecular weight is 534 g/mol. The molecule has 1 heterocycles. The number of methoxy groups -OCH3 is 1. The predicted octanol–water partition coefficient (Wildman–Crippen LogP) is 3.69. The van der Waals surface area contributed by atoms with Crippen LogP contribution in [-0.4, -0.2) is 68.7 Å². The molecule has 0 amide bonds. The van der Waals surface area contributed by atoms with Gasteiger partial charge < -0.3 is 20.1 Å². The third kappa shape index (κ3) is 9.75. The van der Waals surface area contributed by atoms with Gasteiger partial charge in [0.05, 0.1) is 17.7 Å². The first-order valence-corrected chi connectivity index (χ1v) is 12.8. The Morgan fingerprint density at radius 2 is 1.81 bits per heavy atom. The van der Waals surface area contributed by atoms with Crippen molar-refractivity contribution >= 4 is 27.6 Å². The Kier molecular flexibility index (Phi) is 11.4. The molecule has 200 valence electrons. The van der Waals surface area contributed by atoms with Crippen molar-refractivity contribution < 1.29 is 27.4 Å². The van der Waals surface area contributed by atoms with E-state index >= 15 is 0 Å². The minimum atomic E-state index is -3.57. The molecule has 37 heavy (non-hydrogen) atoms. The van der Waals surface area contributed by atoms with Gasteiger partial charge in [0.2, 0.25) is 16.0 Å². The van der Waals surface area contributed by atoms with Crippen molar-refractivity contribution in [2.75, 3.05) is 39.6 Å². The summed E-state index contributed by atoms with van der Waals surface area (Å²) < 4.78 is 46.0. The van der Waals surface area contributed by atoms with Gasteiger partial charge in [0.15, 0.2) is 0 Å². The van der Waals surface area contributed by atoms with Crippen LogP contribution < -0.4 is 14.8 Å². The highest BCUT2D eigenvalue weighted by molar-refractivity contribution is 7.89. The molecule has 0 atom stereocenters. The molecule has 3 N–H and O–H groups in total. The van der Waals surface area contributed by atoms with Gasteiger partial charge >= 0.3 is 0 Å². The summed E-state index contributed by atoms with van der Waals surface area (Å²) in [6.45, 7) is 1.61. The lowest BCUT2D eigenvalue weighted by atomic mass is 10.1.